The van der Waals surface area contributed by atoms with Crippen LogP contribution in [0.5, 0.6) is 5.75 Å². The van der Waals surface area contributed by atoms with Crippen molar-refractivity contribution in [1.29, 1.82) is 0 Å². The van der Waals surface area contributed by atoms with Gasteiger partial charge in [0, 0.05) is 12.6 Å². The van der Waals surface area contributed by atoms with Crippen molar-refractivity contribution in [2.24, 2.45) is 11.3 Å². The number of nitrogens with zero attached hydrogens (tertiary/aromatic N) is 1. The van der Waals surface area contributed by atoms with Gasteiger partial charge in [-0.2, -0.15) is 4.31 Å². The molecule has 0 bridgehead atoms. The van der Waals surface area contributed by atoms with Gasteiger partial charge in [-0.15, -0.1) is 0 Å². The van der Waals surface area contributed by atoms with E-state index < -0.39 is 27.4 Å². The van der Waals surface area contributed by atoms with Gasteiger partial charge < -0.3 is 4.74 Å². The fraction of sp³-hybridized carbons (Fsp3) is 0.632. The zero-order chi connectivity index (χ0) is 20.8. The van der Waals surface area contributed by atoms with E-state index in [-0.39, 0.29) is 17.4 Å². The molecule has 1 atom stereocenters. The maximum Gasteiger partial charge on any atom is 0.262 e. The molecule has 154 valence electrons. The molecule has 0 aliphatic rings. The molecule has 0 saturated heterocycles. The number of methoxy groups -OCH3 is 1. The van der Waals surface area contributed by atoms with E-state index in [4.69, 9.17) is 9.57 Å². The lowest BCUT2D eigenvalue weighted by atomic mass is 9.86. The van der Waals surface area contributed by atoms with Crippen LogP contribution in [0.1, 0.15) is 41.0 Å². The maximum atomic E-state index is 13.5. The monoisotopic (exact) mass is 400 g/mol. The Labute approximate surface area is 163 Å². The van der Waals surface area contributed by atoms with Crippen LogP contribution < -0.4 is 10.2 Å². The molecule has 0 fully saturated rings. The molecule has 7 nitrogen and oxygen atoms in total. The van der Waals surface area contributed by atoms with Crippen LogP contribution in [0.3, 0.4) is 0 Å². The van der Waals surface area contributed by atoms with E-state index in [0.29, 0.717) is 12.2 Å². The molecule has 0 spiro atoms. The second-order valence-corrected chi connectivity index (χ2v) is 9.81. The lowest BCUT2D eigenvalue weighted by Gasteiger charge is -2.38. The van der Waals surface area contributed by atoms with Crippen LogP contribution in [0.15, 0.2) is 29.2 Å². The fourth-order valence-electron chi connectivity index (χ4n) is 2.78. The Morgan fingerprint density at radius 2 is 1.85 bits per heavy atom. The van der Waals surface area contributed by atoms with Crippen molar-refractivity contribution in [2.45, 2.75) is 52.0 Å². The molecular weight excluding hydrogens is 368 g/mol. The molecule has 0 unspecified atom stereocenters. The fourth-order valence-corrected chi connectivity index (χ4v) is 4.60. The Morgan fingerprint density at radius 3 is 2.33 bits per heavy atom. The summed E-state index contributed by atoms with van der Waals surface area (Å²) in [7, 11) is -1.13. The summed E-state index contributed by atoms with van der Waals surface area (Å²) in [6.45, 7) is 9.73. The standard InChI is InChI=1S/C19H32N2O5S/c1-14(2)11-12-21(17(19(3,4)5)18(22)20-26-7)27(23,24)16-10-8-9-15(13-16)25-6/h8-10,13-14,17H,11-12H2,1-7H3,(H,20,22)/t17-/m0/s1. The molecular formula is C19H32N2O5S. The highest BCUT2D eigenvalue weighted by Gasteiger charge is 2.43. The molecule has 0 radical (unpaired) electrons. The van der Waals surface area contributed by atoms with Crippen LogP contribution in [-0.2, 0) is 19.7 Å². The van der Waals surface area contributed by atoms with Crippen LogP contribution in [0.2, 0.25) is 0 Å². The zero-order valence-corrected chi connectivity index (χ0v) is 18.1. The lowest BCUT2D eigenvalue weighted by molar-refractivity contribution is -0.138. The summed E-state index contributed by atoms with van der Waals surface area (Å²) in [4.78, 5) is 17.6. The molecule has 0 aliphatic heterocycles. The number of amides is 1. The molecule has 1 aromatic rings. The number of rotatable bonds is 9. The molecule has 1 amide bonds. The van der Waals surface area contributed by atoms with Crippen LogP contribution in [0, 0.1) is 11.3 Å². The Hall–Kier alpha value is -1.64. The van der Waals surface area contributed by atoms with E-state index in [1.807, 2.05) is 34.6 Å². The van der Waals surface area contributed by atoms with Gasteiger partial charge in [-0.1, -0.05) is 40.7 Å². The molecule has 27 heavy (non-hydrogen) atoms. The van der Waals surface area contributed by atoms with E-state index in [1.54, 1.807) is 12.1 Å². The number of hydrogen-bond donors (Lipinski definition) is 1. The van der Waals surface area contributed by atoms with Crippen molar-refractivity contribution >= 4 is 15.9 Å². The summed E-state index contributed by atoms with van der Waals surface area (Å²) >= 11 is 0. The van der Waals surface area contributed by atoms with Crippen molar-refractivity contribution in [3.63, 3.8) is 0 Å². The van der Waals surface area contributed by atoms with Crippen molar-refractivity contribution in [2.75, 3.05) is 20.8 Å². The molecule has 1 rings (SSSR count). The third kappa shape index (κ3) is 6.19. The number of benzene rings is 1. The Bertz CT molecular complexity index is 726. The minimum atomic E-state index is -3.94. The number of hydroxylamine groups is 1. The molecule has 0 saturated carbocycles. The van der Waals surface area contributed by atoms with E-state index in [1.165, 1.54) is 30.7 Å². The van der Waals surface area contributed by atoms with Crippen molar-refractivity contribution in [1.82, 2.24) is 9.79 Å². The van der Waals surface area contributed by atoms with E-state index in [9.17, 15) is 13.2 Å². The van der Waals surface area contributed by atoms with Gasteiger partial charge in [0.15, 0.2) is 0 Å². The predicted octanol–water partition coefficient (Wildman–Crippen LogP) is 2.82. The highest BCUT2D eigenvalue weighted by atomic mass is 32.2. The number of hydrogen-bond acceptors (Lipinski definition) is 5. The van der Waals surface area contributed by atoms with Crippen molar-refractivity contribution in [3.05, 3.63) is 24.3 Å². The first kappa shape index (κ1) is 23.4. The molecule has 0 aromatic heterocycles. The van der Waals surface area contributed by atoms with Crippen molar-refractivity contribution in [3.8, 4) is 5.75 Å². The summed E-state index contributed by atoms with van der Waals surface area (Å²) < 4.78 is 33.4. The lowest BCUT2D eigenvalue weighted by Crippen LogP contribution is -2.55. The normalized spacial score (nSPS) is 13.7. The van der Waals surface area contributed by atoms with Crippen LogP contribution in [0.4, 0.5) is 0 Å². The predicted molar refractivity (Wildman–Crippen MR) is 105 cm³/mol. The van der Waals surface area contributed by atoms with E-state index >= 15 is 0 Å². The van der Waals surface area contributed by atoms with Crippen LogP contribution in [0.25, 0.3) is 0 Å². The number of nitrogens with one attached hydrogen (secondary N) is 1. The van der Waals surface area contributed by atoms with Gasteiger partial charge >= 0.3 is 0 Å². The first-order valence-corrected chi connectivity index (χ1v) is 10.4. The summed E-state index contributed by atoms with van der Waals surface area (Å²) in [6, 6.07) is 5.33. The Balaban J connectivity index is 3.49. The summed E-state index contributed by atoms with van der Waals surface area (Å²) in [5, 5.41) is 0. The minimum Gasteiger partial charge on any atom is -0.497 e. The first-order valence-electron chi connectivity index (χ1n) is 8.93. The summed E-state index contributed by atoms with van der Waals surface area (Å²) in [5.74, 6) is 0.216. The molecule has 1 N–H and O–H groups in total. The van der Waals surface area contributed by atoms with Gasteiger partial charge in [-0.25, -0.2) is 13.9 Å². The molecule has 8 heteroatoms. The van der Waals surface area contributed by atoms with Gasteiger partial charge in [-0.05, 0) is 29.9 Å². The number of carbonyl (C=O) groups is 1. The third-order valence-corrected chi connectivity index (χ3v) is 5.99. The molecule has 0 heterocycles. The van der Waals surface area contributed by atoms with Gasteiger partial charge in [-0.3, -0.25) is 9.63 Å². The maximum absolute atomic E-state index is 13.5. The second kappa shape index (κ2) is 9.52. The highest BCUT2D eigenvalue weighted by Crippen LogP contribution is 2.31. The Morgan fingerprint density at radius 1 is 1.22 bits per heavy atom. The molecule has 0 aliphatic carbocycles. The quantitative estimate of drug-likeness (QED) is 0.644. The number of carbonyl (C=O) groups excluding carboxylic acids is 1. The van der Waals surface area contributed by atoms with Crippen molar-refractivity contribution < 1.29 is 22.8 Å². The third-order valence-electron chi connectivity index (χ3n) is 4.13. The summed E-state index contributed by atoms with van der Waals surface area (Å²) in [6.07, 6.45) is 0.621. The topological polar surface area (TPSA) is 84.9 Å². The number of ether oxygens (including phenoxy) is 1. The van der Waals surface area contributed by atoms with Gasteiger partial charge in [0.25, 0.3) is 5.91 Å². The number of sulfonamides is 1. The average Bonchev–Trinajstić information content (AvgIpc) is 2.57. The van der Waals surface area contributed by atoms with Gasteiger partial charge in [0.05, 0.1) is 19.1 Å². The second-order valence-electron chi connectivity index (χ2n) is 7.92. The van der Waals surface area contributed by atoms with Crippen LogP contribution in [-0.4, -0.2) is 45.4 Å². The minimum absolute atomic E-state index is 0.0880. The van der Waals surface area contributed by atoms with E-state index in [0.717, 1.165) is 0 Å². The average molecular weight is 401 g/mol. The zero-order valence-electron chi connectivity index (χ0n) is 17.3. The summed E-state index contributed by atoms with van der Waals surface area (Å²) in [5.41, 5.74) is 1.65. The largest absolute Gasteiger partial charge is 0.497 e. The Kier molecular flexibility index (Phi) is 8.25. The SMILES string of the molecule is CONC(=O)[C@H](N(CCC(C)C)S(=O)(=O)c1cccc(OC)c1)C(C)(C)C. The smallest absolute Gasteiger partial charge is 0.262 e. The highest BCUT2D eigenvalue weighted by molar-refractivity contribution is 7.89. The molecule has 1 aromatic carbocycles. The van der Waals surface area contributed by atoms with Crippen LogP contribution >= 0.6 is 0 Å². The first-order chi connectivity index (χ1) is 12.4. The van der Waals surface area contributed by atoms with E-state index in [2.05, 4.69) is 5.48 Å². The van der Waals surface area contributed by atoms with Gasteiger partial charge in [0.2, 0.25) is 10.0 Å². The van der Waals surface area contributed by atoms with Gasteiger partial charge in [0.1, 0.15) is 11.8 Å².